The van der Waals surface area contributed by atoms with Crippen molar-refractivity contribution in [3.63, 3.8) is 0 Å². The van der Waals surface area contributed by atoms with E-state index in [2.05, 4.69) is 9.22 Å². The topological polar surface area (TPSA) is 72.8 Å². The number of benzene rings is 1. The van der Waals surface area contributed by atoms with Gasteiger partial charge in [0.2, 0.25) is 0 Å². The molecule has 0 saturated heterocycles. The molecule has 0 radical (unpaired) electrons. The maximum absolute atomic E-state index is 12.7. The Bertz CT molecular complexity index is 622. The first-order valence-corrected chi connectivity index (χ1v) is 6.66. The number of halogens is 6. The maximum Gasteiger partial charge on any atom is 0.432 e. The van der Waals surface area contributed by atoms with Crippen LogP contribution in [0.2, 0.25) is 0 Å². The van der Waals surface area contributed by atoms with E-state index in [1.165, 1.54) is 6.92 Å². The second kappa shape index (κ2) is 5.93. The van der Waals surface area contributed by atoms with E-state index < -0.39 is 40.0 Å². The fraction of sp³-hybridized carbons (Fsp3) is 0.400. The molecule has 0 unspecified atom stereocenters. The molecule has 0 saturated carbocycles. The smallest absolute Gasteiger partial charge is 0.319 e. The van der Waals surface area contributed by atoms with E-state index in [0.29, 0.717) is 12.1 Å². The summed E-state index contributed by atoms with van der Waals surface area (Å²) in [4.78, 5) is 3.92. The molecule has 0 amide bonds. The zero-order valence-electron chi connectivity index (χ0n) is 10.6. The Morgan fingerprint density at radius 2 is 1.59 bits per heavy atom. The molecular formula is C10H8F6O5S. The number of hydrogen-bond acceptors (Lipinski definition) is 4. The third kappa shape index (κ3) is 5.03. The van der Waals surface area contributed by atoms with Gasteiger partial charge in [0.15, 0.2) is 11.7 Å². The molecule has 0 aliphatic carbocycles. The molecule has 12 heteroatoms. The molecule has 0 spiro atoms. The fourth-order valence-corrected chi connectivity index (χ4v) is 1.73. The minimum absolute atomic E-state index is 0.167. The van der Waals surface area contributed by atoms with E-state index in [1.807, 2.05) is 0 Å². The van der Waals surface area contributed by atoms with Gasteiger partial charge in [-0.3, -0.25) is 4.55 Å². The van der Waals surface area contributed by atoms with Gasteiger partial charge in [-0.15, -0.1) is 0 Å². The van der Waals surface area contributed by atoms with Gasteiger partial charge in [0.25, 0.3) is 0 Å². The highest BCUT2D eigenvalue weighted by Gasteiger charge is 2.58. The minimum Gasteiger partial charge on any atom is -0.319 e. The van der Waals surface area contributed by atoms with Crippen molar-refractivity contribution >= 4 is 10.4 Å². The molecule has 0 fully saturated rings. The summed E-state index contributed by atoms with van der Waals surface area (Å²) in [6.45, 7) is 1.31. The normalized spacial score (nSPS) is 13.5. The van der Waals surface area contributed by atoms with Gasteiger partial charge in [0.05, 0.1) is 0 Å². The van der Waals surface area contributed by atoms with E-state index in [9.17, 15) is 34.8 Å². The van der Waals surface area contributed by atoms with Crippen molar-refractivity contribution in [2.24, 2.45) is 0 Å². The lowest BCUT2D eigenvalue weighted by molar-refractivity contribution is -0.254. The number of rotatable bonds is 4. The van der Waals surface area contributed by atoms with Gasteiger partial charge in [-0.25, -0.2) is 0 Å². The first kappa shape index (κ1) is 18.5. The monoisotopic (exact) mass is 354 g/mol. The van der Waals surface area contributed by atoms with Crippen LogP contribution in [0.1, 0.15) is 17.0 Å². The fourth-order valence-electron chi connectivity index (χ4n) is 1.57. The van der Waals surface area contributed by atoms with Crippen LogP contribution in [0.4, 0.5) is 26.3 Å². The molecule has 0 atom stereocenters. The first-order chi connectivity index (χ1) is 9.72. The first-order valence-electron chi connectivity index (χ1n) is 5.29. The van der Waals surface area contributed by atoms with Crippen LogP contribution in [0.15, 0.2) is 18.2 Å². The van der Waals surface area contributed by atoms with Crippen molar-refractivity contribution in [3.8, 4) is 5.75 Å². The third-order valence-corrected chi connectivity index (χ3v) is 2.58. The molecule has 0 heterocycles. The van der Waals surface area contributed by atoms with Crippen molar-refractivity contribution in [2.45, 2.75) is 25.2 Å². The molecule has 0 aromatic heterocycles. The van der Waals surface area contributed by atoms with Crippen molar-refractivity contribution in [1.82, 2.24) is 0 Å². The molecule has 0 aliphatic heterocycles. The summed E-state index contributed by atoms with van der Waals surface area (Å²) in [5.41, 5.74) is -1.24. The van der Waals surface area contributed by atoms with Gasteiger partial charge in [-0.2, -0.15) is 34.8 Å². The van der Waals surface area contributed by atoms with E-state index in [1.54, 1.807) is 0 Å². The number of alkyl halides is 6. The Kier molecular flexibility index (Phi) is 4.99. The average molecular weight is 354 g/mol. The molecule has 0 bridgehead atoms. The lowest BCUT2D eigenvalue weighted by atomic mass is 9.96. The second-order valence-electron chi connectivity index (χ2n) is 4.14. The third-order valence-electron chi connectivity index (χ3n) is 2.34. The molecule has 1 rings (SSSR count). The van der Waals surface area contributed by atoms with Crippen LogP contribution < -0.4 is 4.89 Å². The van der Waals surface area contributed by atoms with Crippen LogP contribution in [-0.4, -0.2) is 25.3 Å². The highest BCUT2D eigenvalue weighted by atomic mass is 32.3. The lowest BCUT2D eigenvalue weighted by Crippen LogP contribution is -2.34. The van der Waals surface area contributed by atoms with Crippen molar-refractivity contribution in [3.05, 3.63) is 29.3 Å². The molecule has 22 heavy (non-hydrogen) atoms. The van der Waals surface area contributed by atoms with Crippen LogP contribution in [-0.2, 0) is 14.7 Å². The van der Waals surface area contributed by atoms with Crippen LogP contribution in [0, 0.1) is 6.92 Å². The molecule has 5 nitrogen and oxygen atoms in total. The predicted molar refractivity (Wildman–Crippen MR) is 59.3 cm³/mol. The van der Waals surface area contributed by atoms with Crippen LogP contribution >= 0.6 is 0 Å². The summed E-state index contributed by atoms with van der Waals surface area (Å²) in [6, 6.07) is 2.12. The number of aryl methyl sites for hydroxylation is 1. The van der Waals surface area contributed by atoms with Gasteiger partial charge < -0.3 is 4.89 Å². The van der Waals surface area contributed by atoms with E-state index in [4.69, 9.17) is 4.55 Å². The highest BCUT2D eigenvalue weighted by molar-refractivity contribution is 7.80. The molecule has 126 valence electrons. The molecule has 1 aromatic rings. The van der Waals surface area contributed by atoms with Crippen molar-refractivity contribution in [1.29, 1.82) is 0 Å². The lowest BCUT2D eigenvalue weighted by Gasteiger charge is -2.24. The Labute approximate surface area is 120 Å². The predicted octanol–water partition coefficient (Wildman–Crippen LogP) is 3.32. The Balaban J connectivity index is 3.38. The zero-order chi connectivity index (χ0) is 17.3. The van der Waals surface area contributed by atoms with Crippen LogP contribution in [0.5, 0.6) is 5.75 Å². The number of hydrogen-bond donors (Lipinski definition) is 1. The van der Waals surface area contributed by atoms with Gasteiger partial charge in [0.1, 0.15) is 0 Å². The van der Waals surface area contributed by atoms with E-state index >= 15 is 0 Å². The zero-order valence-corrected chi connectivity index (χ0v) is 11.4. The van der Waals surface area contributed by atoms with Crippen molar-refractivity contribution in [2.75, 3.05) is 0 Å². The quantitative estimate of drug-likeness (QED) is 0.389. The van der Waals surface area contributed by atoms with Crippen LogP contribution in [0.25, 0.3) is 0 Å². The summed E-state index contributed by atoms with van der Waals surface area (Å²) < 4.78 is 108. The average Bonchev–Trinajstić information content (AvgIpc) is 2.24. The second-order valence-corrected chi connectivity index (χ2v) is 5.13. The van der Waals surface area contributed by atoms with Crippen molar-refractivity contribution < 1.29 is 48.5 Å². The van der Waals surface area contributed by atoms with E-state index in [-0.39, 0.29) is 5.56 Å². The molecule has 1 aromatic carbocycles. The highest BCUT2D eigenvalue weighted by Crippen LogP contribution is 2.49. The Morgan fingerprint density at radius 3 is 2.00 bits per heavy atom. The largest absolute Gasteiger partial charge is 0.432 e. The molecule has 1 N–H and O–H groups in total. The Morgan fingerprint density at radius 1 is 1.09 bits per heavy atom. The van der Waals surface area contributed by atoms with E-state index in [0.717, 1.165) is 6.07 Å². The van der Waals surface area contributed by atoms with Gasteiger partial charge in [0, 0.05) is 5.56 Å². The Hall–Kier alpha value is -1.53. The molecular weight excluding hydrogens is 346 g/mol. The summed E-state index contributed by atoms with van der Waals surface area (Å²) in [6.07, 6.45) is -11.4. The summed E-state index contributed by atoms with van der Waals surface area (Å²) >= 11 is 0. The minimum atomic E-state index is -5.70. The summed E-state index contributed by atoms with van der Waals surface area (Å²) in [5, 5.41) is 0. The van der Waals surface area contributed by atoms with Gasteiger partial charge >= 0.3 is 22.8 Å². The molecule has 0 aliphatic rings. The van der Waals surface area contributed by atoms with Crippen LogP contribution in [0.3, 0.4) is 0 Å². The SMILES string of the molecule is Cc1ccc(C(C(F)(F)F)C(F)(F)F)c(OOS(=O)(=O)O)c1. The standard InChI is InChI=1S/C10H8F6O5S/c1-5-2-3-6(7(4-5)20-21-22(17,18)19)8(9(11,12)13)10(14,15)16/h2-4,8H,1H3,(H,17,18,19). The van der Waals surface area contributed by atoms with Gasteiger partial charge in [-0.1, -0.05) is 12.1 Å². The van der Waals surface area contributed by atoms with Gasteiger partial charge in [-0.05, 0) is 22.9 Å². The maximum atomic E-state index is 12.7. The summed E-state index contributed by atoms with van der Waals surface area (Å²) in [5.74, 6) is -5.06. The summed E-state index contributed by atoms with van der Waals surface area (Å²) in [7, 11) is -5.23.